The van der Waals surface area contributed by atoms with Crippen LogP contribution in [0.1, 0.15) is 42.6 Å². The molecule has 0 spiro atoms. The summed E-state index contributed by atoms with van der Waals surface area (Å²) < 4.78 is 5.87. The van der Waals surface area contributed by atoms with Crippen LogP contribution in [0.2, 0.25) is 0 Å². The highest BCUT2D eigenvalue weighted by Gasteiger charge is 2.34. The van der Waals surface area contributed by atoms with E-state index in [4.69, 9.17) is 25.7 Å². The van der Waals surface area contributed by atoms with Crippen molar-refractivity contribution in [3.8, 4) is 23.3 Å². The number of aromatic nitrogens is 2. The lowest BCUT2D eigenvalue weighted by atomic mass is 9.89. The maximum Gasteiger partial charge on any atom is 0.404 e. The standard InChI is InChI=1S/C21H24N6O6/c1-21(2,31)10-32-27-18(28)15-16(23)25-17(12-5-3-4-11(6-12)9-22)26-19(15)33-14-7-13(8-14)24-20(29)30/h3-6,13-14,24,31H,7-8,10H2,1-2H3,(H,27,28)(H,29,30)(H2,23,25,26)/t13-,14-. The molecule has 1 aromatic carbocycles. The molecular formula is C21H24N6O6. The Balaban J connectivity index is 1.88. The minimum atomic E-state index is -1.18. The van der Waals surface area contributed by atoms with E-state index in [9.17, 15) is 14.7 Å². The molecule has 0 saturated heterocycles. The molecule has 0 atom stereocenters. The van der Waals surface area contributed by atoms with Gasteiger partial charge in [0.05, 0.1) is 17.2 Å². The number of anilines is 1. The van der Waals surface area contributed by atoms with Gasteiger partial charge in [0, 0.05) is 24.4 Å². The third kappa shape index (κ3) is 6.28. The molecule has 2 aromatic rings. The number of hydrogen-bond donors (Lipinski definition) is 5. The highest BCUT2D eigenvalue weighted by atomic mass is 16.7. The van der Waals surface area contributed by atoms with Gasteiger partial charge in [-0.15, -0.1) is 0 Å². The normalized spacial score (nSPS) is 17.4. The van der Waals surface area contributed by atoms with Crippen molar-refractivity contribution in [3.63, 3.8) is 0 Å². The van der Waals surface area contributed by atoms with E-state index in [1.54, 1.807) is 24.3 Å². The summed E-state index contributed by atoms with van der Waals surface area (Å²) in [5.74, 6) is -0.916. The molecule has 1 fully saturated rings. The van der Waals surface area contributed by atoms with Crippen LogP contribution in [0.3, 0.4) is 0 Å². The molecule has 1 aliphatic carbocycles. The van der Waals surface area contributed by atoms with Crippen molar-refractivity contribution in [1.82, 2.24) is 20.8 Å². The molecule has 174 valence electrons. The SMILES string of the molecule is CC(C)(O)CONC(=O)c1c(N)nc(-c2cccc(C#N)c2)nc1O[C@H]1C[C@H](NC(=O)O)C1. The number of carboxylic acid groups (broad SMARTS) is 1. The molecule has 0 aliphatic heterocycles. The second kappa shape index (κ2) is 9.68. The second-order valence-electron chi connectivity index (χ2n) is 8.20. The van der Waals surface area contributed by atoms with Crippen LogP contribution in [0.4, 0.5) is 10.6 Å². The number of carbonyl (C=O) groups excluding carboxylic acids is 1. The number of nitrogen functional groups attached to an aromatic ring is 1. The Hall–Kier alpha value is -3.95. The first-order chi connectivity index (χ1) is 15.6. The third-order valence-corrected chi connectivity index (χ3v) is 4.67. The van der Waals surface area contributed by atoms with Crippen molar-refractivity contribution >= 4 is 17.8 Å². The lowest BCUT2D eigenvalue weighted by Gasteiger charge is -2.35. The number of nitriles is 1. The largest absolute Gasteiger partial charge is 0.473 e. The maximum atomic E-state index is 12.7. The van der Waals surface area contributed by atoms with Crippen molar-refractivity contribution < 1.29 is 29.4 Å². The topological polar surface area (TPSA) is 193 Å². The number of ether oxygens (including phenoxy) is 1. The van der Waals surface area contributed by atoms with E-state index in [0.29, 0.717) is 24.0 Å². The fourth-order valence-corrected chi connectivity index (χ4v) is 3.05. The molecule has 1 heterocycles. The molecule has 0 radical (unpaired) electrons. The molecule has 0 bridgehead atoms. The quantitative estimate of drug-likeness (QED) is 0.360. The number of aliphatic hydroxyl groups is 1. The Morgan fingerprint density at radius 3 is 2.70 bits per heavy atom. The first kappa shape index (κ1) is 23.7. The van der Waals surface area contributed by atoms with E-state index in [1.807, 2.05) is 6.07 Å². The van der Waals surface area contributed by atoms with Crippen LogP contribution in [-0.2, 0) is 4.84 Å². The molecule has 2 amide bonds. The van der Waals surface area contributed by atoms with E-state index in [-0.39, 0.29) is 35.7 Å². The fourth-order valence-electron chi connectivity index (χ4n) is 3.05. The maximum absolute atomic E-state index is 12.7. The van der Waals surface area contributed by atoms with Crippen molar-refractivity contribution in [2.45, 2.75) is 44.4 Å². The highest BCUT2D eigenvalue weighted by Crippen LogP contribution is 2.31. The van der Waals surface area contributed by atoms with Crippen LogP contribution in [0.15, 0.2) is 24.3 Å². The number of hydrogen-bond acceptors (Lipinski definition) is 9. The van der Waals surface area contributed by atoms with Gasteiger partial charge in [-0.25, -0.2) is 15.3 Å². The van der Waals surface area contributed by atoms with Crippen molar-refractivity contribution in [1.29, 1.82) is 5.26 Å². The van der Waals surface area contributed by atoms with Gasteiger partial charge in [0.25, 0.3) is 5.91 Å². The monoisotopic (exact) mass is 456 g/mol. The smallest absolute Gasteiger partial charge is 0.404 e. The van der Waals surface area contributed by atoms with Gasteiger partial charge in [0.2, 0.25) is 5.88 Å². The van der Waals surface area contributed by atoms with Gasteiger partial charge in [0.1, 0.15) is 24.1 Å². The number of carbonyl (C=O) groups is 2. The summed E-state index contributed by atoms with van der Waals surface area (Å²) in [7, 11) is 0. The molecule has 12 heteroatoms. The Kier molecular flexibility index (Phi) is 6.95. The predicted molar refractivity (Wildman–Crippen MR) is 115 cm³/mol. The van der Waals surface area contributed by atoms with Gasteiger partial charge in [-0.3, -0.25) is 9.63 Å². The number of amides is 2. The van der Waals surface area contributed by atoms with E-state index < -0.39 is 23.7 Å². The van der Waals surface area contributed by atoms with Gasteiger partial charge >= 0.3 is 6.09 Å². The molecule has 1 aromatic heterocycles. The van der Waals surface area contributed by atoms with Crippen LogP contribution < -0.4 is 21.3 Å². The number of nitrogens with one attached hydrogen (secondary N) is 2. The Bertz CT molecular complexity index is 1090. The summed E-state index contributed by atoms with van der Waals surface area (Å²) in [4.78, 5) is 37.1. The first-order valence-corrected chi connectivity index (χ1v) is 10.0. The summed E-state index contributed by atoms with van der Waals surface area (Å²) in [5.41, 5.74) is 7.79. The molecule has 3 rings (SSSR count). The Morgan fingerprint density at radius 1 is 1.33 bits per heavy atom. The summed E-state index contributed by atoms with van der Waals surface area (Å²) in [6.07, 6.45) is -0.774. The van der Waals surface area contributed by atoms with Gasteiger partial charge < -0.3 is 26.0 Å². The minimum Gasteiger partial charge on any atom is -0.473 e. The lowest BCUT2D eigenvalue weighted by molar-refractivity contribution is -0.0523. The van der Waals surface area contributed by atoms with E-state index >= 15 is 0 Å². The van der Waals surface area contributed by atoms with Crippen LogP contribution in [0.5, 0.6) is 5.88 Å². The average molecular weight is 456 g/mol. The molecule has 12 nitrogen and oxygen atoms in total. The predicted octanol–water partition coefficient (Wildman–Crippen LogP) is 1.21. The zero-order valence-corrected chi connectivity index (χ0v) is 18.0. The average Bonchev–Trinajstić information content (AvgIpc) is 2.70. The highest BCUT2D eigenvalue weighted by molar-refractivity contribution is 6.00. The molecular weight excluding hydrogens is 432 g/mol. The summed E-state index contributed by atoms with van der Waals surface area (Å²) in [5, 5.41) is 30.1. The van der Waals surface area contributed by atoms with Gasteiger partial charge in [-0.05, 0) is 26.0 Å². The molecule has 0 unspecified atom stereocenters. The van der Waals surface area contributed by atoms with Crippen molar-refractivity contribution in [2.24, 2.45) is 0 Å². The molecule has 1 aliphatic rings. The summed E-state index contributed by atoms with van der Waals surface area (Å²) in [6.45, 7) is 2.83. The fraction of sp³-hybridized carbons (Fsp3) is 0.381. The summed E-state index contributed by atoms with van der Waals surface area (Å²) in [6, 6.07) is 8.29. The molecule has 1 saturated carbocycles. The number of rotatable bonds is 8. The lowest BCUT2D eigenvalue weighted by Crippen LogP contribution is -2.48. The van der Waals surface area contributed by atoms with Crippen LogP contribution >= 0.6 is 0 Å². The van der Waals surface area contributed by atoms with E-state index in [2.05, 4.69) is 20.8 Å². The van der Waals surface area contributed by atoms with Gasteiger partial charge in [-0.2, -0.15) is 10.2 Å². The number of nitrogens with zero attached hydrogens (tertiary/aromatic N) is 3. The van der Waals surface area contributed by atoms with Gasteiger partial charge in [0.15, 0.2) is 5.82 Å². The number of nitrogens with two attached hydrogens (primary N) is 1. The zero-order chi connectivity index (χ0) is 24.2. The van der Waals surface area contributed by atoms with Crippen LogP contribution in [0.25, 0.3) is 11.4 Å². The number of benzene rings is 1. The minimum absolute atomic E-state index is 0.108. The van der Waals surface area contributed by atoms with Crippen molar-refractivity contribution in [3.05, 3.63) is 35.4 Å². The zero-order valence-electron chi connectivity index (χ0n) is 18.0. The third-order valence-electron chi connectivity index (χ3n) is 4.67. The number of hydroxylamine groups is 1. The van der Waals surface area contributed by atoms with Crippen LogP contribution in [-0.4, -0.2) is 56.5 Å². The molecule has 6 N–H and O–H groups in total. The first-order valence-electron chi connectivity index (χ1n) is 10.0. The Morgan fingerprint density at radius 2 is 2.06 bits per heavy atom. The van der Waals surface area contributed by atoms with Crippen molar-refractivity contribution in [2.75, 3.05) is 12.3 Å². The van der Waals surface area contributed by atoms with E-state index in [0.717, 1.165) is 0 Å². The Labute approximate surface area is 189 Å². The second-order valence-corrected chi connectivity index (χ2v) is 8.20. The van der Waals surface area contributed by atoms with E-state index in [1.165, 1.54) is 13.8 Å². The summed E-state index contributed by atoms with van der Waals surface area (Å²) >= 11 is 0. The molecule has 33 heavy (non-hydrogen) atoms. The van der Waals surface area contributed by atoms with Crippen LogP contribution in [0, 0.1) is 11.3 Å². The van der Waals surface area contributed by atoms with Gasteiger partial charge in [-0.1, -0.05) is 12.1 Å².